The Morgan fingerprint density at radius 3 is 2.54 bits per heavy atom. The number of pyridine rings is 1. The van der Waals surface area contributed by atoms with Crippen LogP contribution in [0, 0.1) is 35.9 Å². The minimum Gasteiger partial charge on any atom is -0.350 e. The van der Waals surface area contributed by atoms with Crippen molar-refractivity contribution < 1.29 is 9.18 Å². The van der Waals surface area contributed by atoms with E-state index < -0.39 is 17.1 Å². The molecule has 4 heterocycles. The minimum absolute atomic E-state index is 0.114. The molecular weight excluding hydrogens is 629 g/mol. The quantitative estimate of drug-likeness (QED) is 0.188. The van der Waals surface area contributed by atoms with Gasteiger partial charge in [-0.3, -0.25) is 23.7 Å². The summed E-state index contributed by atoms with van der Waals surface area (Å²) in [5.74, 6) is 5.06. The van der Waals surface area contributed by atoms with Crippen molar-refractivity contribution in [2.45, 2.75) is 52.6 Å². The first kappa shape index (κ1) is 34.4. The van der Waals surface area contributed by atoms with E-state index >= 15 is 4.39 Å². The molecule has 0 bridgehead atoms. The van der Waals surface area contributed by atoms with Crippen molar-refractivity contribution >= 4 is 28.6 Å². The van der Waals surface area contributed by atoms with Gasteiger partial charge in [0.25, 0.3) is 5.91 Å². The van der Waals surface area contributed by atoms with Crippen LogP contribution in [0.1, 0.15) is 66.0 Å². The van der Waals surface area contributed by atoms with Gasteiger partial charge in [0.2, 0.25) is 0 Å². The number of benzene rings is 2. The largest absolute Gasteiger partial charge is 0.350 e. The molecular formula is C39H42FN9O. The van der Waals surface area contributed by atoms with E-state index in [1.807, 2.05) is 62.0 Å². The van der Waals surface area contributed by atoms with Gasteiger partial charge >= 0.3 is 0 Å². The number of carbonyl (C=O) groups excluding carboxylic acids is 1. The van der Waals surface area contributed by atoms with E-state index in [0.717, 1.165) is 48.7 Å². The number of amides is 1. The van der Waals surface area contributed by atoms with Crippen LogP contribution in [0.15, 0.2) is 67.3 Å². The van der Waals surface area contributed by atoms with Crippen LogP contribution in [0.3, 0.4) is 0 Å². The Hall–Kier alpha value is -5.49. The van der Waals surface area contributed by atoms with Crippen LogP contribution in [-0.4, -0.2) is 67.1 Å². The van der Waals surface area contributed by atoms with Crippen molar-refractivity contribution in [3.63, 3.8) is 0 Å². The minimum atomic E-state index is -0.781. The highest BCUT2D eigenvalue weighted by Crippen LogP contribution is 2.29. The van der Waals surface area contributed by atoms with Gasteiger partial charge in [-0.15, -0.1) is 0 Å². The van der Waals surface area contributed by atoms with Crippen LogP contribution in [-0.2, 0) is 19.0 Å². The van der Waals surface area contributed by atoms with Crippen molar-refractivity contribution in [2.24, 2.45) is 7.05 Å². The number of imidazole rings is 1. The summed E-state index contributed by atoms with van der Waals surface area (Å²) in [7, 11) is 1.85. The summed E-state index contributed by atoms with van der Waals surface area (Å²) < 4.78 is 18.9. The Kier molecular flexibility index (Phi) is 9.74. The predicted octanol–water partition coefficient (Wildman–Crippen LogP) is 6.24. The van der Waals surface area contributed by atoms with Gasteiger partial charge in [-0.1, -0.05) is 12.0 Å². The van der Waals surface area contributed by atoms with Crippen LogP contribution in [0.5, 0.6) is 0 Å². The molecule has 50 heavy (non-hydrogen) atoms. The number of hydrogen-bond acceptors (Lipinski definition) is 7. The highest BCUT2D eigenvalue weighted by molar-refractivity contribution is 6.05. The molecule has 0 spiro atoms. The average Bonchev–Trinajstić information content (AvgIpc) is 3.70. The molecule has 0 saturated carbocycles. The topological polar surface area (TPSA) is 107 Å². The summed E-state index contributed by atoms with van der Waals surface area (Å²) in [5.41, 5.74) is 5.49. The van der Waals surface area contributed by atoms with Crippen molar-refractivity contribution in [1.82, 2.24) is 29.0 Å². The second-order valence-corrected chi connectivity index (χ2v) is 13.7. The molecule has 0 unspecified atom stereocenters. The molecule has 1 fully saturated rings. The molecule has 3 aromatic heterocycles. The Bertz CT molecular complexity index is 2150. The number of aromatic nitrogens is 4. The van der Waals surface area contributed by atoms with Gasteiger partial charge < -0.3 is 10.6 Å². The van der Waals surface area contributed by atoms with Gasteiger partial charge in [0.1, 0.15) is 11.5 Å². The molecule has 2 aromatic carbocycles. The molecule has 5 aromatic rings. The van der Waals surface area contributed by atoms with Gasteiger partial charge in [0.15, 0.2) is 5.65 Å². The highest BCUT2D eigenvalue weighted by atomic mass is 19.1. The molecule has 10 nitrogen and oxygen atoms in total. The Morgan fingerprint density at radius 2 is 1.84 bits per heavy atom. The first-order chi connectivity index (χ1) is 23.9. The fourth-order valence-corrected chi connectivity index (χ4v) is 6.13. The van der Waals surface area contributed by atoms with E-state index in [-0.39, 0.29) is 5.56 Å². The highest BCUT2D eigenvalue weighted by Gasteiger charge is 2.24. The lowest BCUT2D eigenvalue weighted by molar-refractivity contribution is 0.102. The van der Waals surface area contributed by atoms with Crippen molar-refractivity contribution in [1.29, 1.82) is 5.26 Å². The predicted molar refractivity (Wildman–Crippen MR) is 194 cm³/mol. The standard InChI is InChI=1S/C39H42FN9O/c1-26(2)48-14-12-47(13-15-48)23-28-17-30(39(4,5)25-41)20-31(18-28)45-38(50)34-19-29(27(3)16-35(34)40)9-10-33-22-42-37-36(8-7-11-49(33)37)44-32-21-43-46(6)24-32/h7-8,11,16-22,24,26,44H,12-15,23H2,1-6H3,(H,45,50). The Labute approximate surface area is 292 Å². The average molecular weight is 672 g/mol. The molecule has 256 valence electrons. The smallest absolute Gasteiger partial charge is 0.258 e. The fraction of sp³-hybridized carbons (Fsp3) is 0.333. The summed E-state index contributed by atoms with van der Waals surface area (Å²) >= 11 is 0. The molecule has 0 radical (unpaired) electrons. The molecule has 1 aliphatic heterocycles. The van der Waals surface area contributed by atoms with Crippen LogP contribution < -0.4 is 10.6 Å². The number of anilines is 3. The monoisotopic (exact) mass is 671 g/mol. The van der Waals surface area contributed by atoms with Gasteiger partial charge in [-0.2, -0.15) is 10.4 Å². The summed E-state index contributed by atoms with van der Waals surface area (Å²) in [6, 6.07) is 15.3. The number of nitrogens with zero attached hydrogens (tertiary/aromatic N) is 7. The van der Waals surface area contributed by atoms with E-state index in [2.05, 4.69) is 62.3 Å². The maximum absolute atomic E-state index is 15.3. The number of rotatable bonds is 8. The van der Waals surface area contributed by atoms with Crippen LogP contribution in [0.25, 0.3) is 5.65 Å². The van der Waals surface area contributed by atoms with E-state index in [1.165, 1.54) is 12.1 Å². The van der Waals surface area contributed by atoms with Gasteiger partial charge in [0.05, 0.1) is 40.8 Å². The third-order valence-corrected chi connectivity index (χ3v) is 9.20. The third-order valence-electron chi connectivity index (χ3n) is 9.20. The second-order valence-electron chi connectivity index (χ2n) is 13.7. The van der Waals surface area contributed by atoms with Gasteiger partial charge in [-0.25, -0.2) is 9.37 Å². The summed E-state index contributed by atoms with van der Waals surface area (Å²) in [6.07, 6.45) is 7.16. The summed E-state index contributed by atoms with van der Waals surface area (Å²) in [6.45, 7) is 14.4. The lowest BCUT2D eigenvalue weighted by atomic mass is 9.85. The fourth-order valence-electron chi connectivity index (χ4n) is 6.13. The number of halogens is 1. The molecule has 0 atom stereocenters. The first-order valence-corrected chi connectivity index (χ1v) is 16.8. The van der Waals surface area contributed by atoms with Crippen molar-refractivity contribution in [3.8, 4) is 17.9 Å². The van der Waals surface area contributed by atoms with E-state index in [9.17, 15) is 10.1 Å². The normalized spacial score (nSPS) is 14.0. The number of aryl methyl sites for hydroxylation is 2. The molecule has 1 saturated heterocycles. The zero-order valence-corrected chi connectivity index (χ0v) is 29.4. The molecule has 0 aliphatic carbocycles. The van der Waals surface area contributed by atoms with Crippen LogP contribution in [0.4, 0.5) is 21.5 Å². The Balaban J connectivity index is 1.24. The second kappa shape index (κ2) is 14.2. The number of carbonyl (C=O) groups is 1. The van der Waals surface area contributed by atoms with Crippen LogP contribution >= 0.6 is 0 Å². The number of hydrogen-bond donors (Lipinski definition) is 2. The van der Waals surface area contributed by atoms with E-state index in [1.54, 1.807) is 30.1 Å². The molecule has 1 amide bonds. The SMILES string of the molecule is Cc1cc(F)c(C(=O)Nc2cc(CN3CCN(C(C)C)CC3)cc(C(C)(C)C#N)c2)cc1C#Cc1cnc2c(Nc3cnn(C)c3)cccn12. The van der Waals surface area contributed by atoms with Crippen molar-refractivity contribution in [2.75, 3.05) is 36.8 Å². The van der Waals surface area contributed by atoms with E-state index in [4.69, 9.17) is 0 Å². The van der Waals surface area contributed by atoms with Gasteiger partial charge in [0, 0.05) is 69.5 Å². The zero-order chi connectivity index (χ0) is 35.6. The Morgan fingerprint density at radius 1 is 1.06 bits per heavy atom. The van der Waals surface area contributed by atoms with E-state index in [0.29, 0.717) is 40.7 Å². The zero-order valence-electron chi connectivity index (χ0n) is 29.4. The molecule has 2 N–H and O–H groups in total. The number of nitriles is 1. The number of piperazine rings is 1. The van der Waals surface area contributed by atoms with Crippen molar-refractivity contribution in [3.05, 3.63) is 107 Å². The molecule has 11 heteroatoms. The number of nitrogens with one attached hydrogen (secondary N) is 2. The van der Waals surface area contributed by atoms with Gasteiger partial charge in [-0.05, 0) is 93.6 Å². The first-order valence-electron chi connectivity index (χ1n) is 16.8. The lowest BCUT2D eigenvalue weighted by Crippen LogP contribution is -2.48. The molecule has 6 rings (SSSR count). The maximum Gasteiger partial charge on any atom is 0.258 e. The third kappa shape index (κ3) is 7.55. The maximum atomic E-state index is 15.3. The van der Waals surface area contributed by atoms with Crippen LogP contribution in [0.2, 0.25) is 0 Å². The summed E-state index contributed by atoms with van der Waals surface area (Å²) in [4.78, 5) is 23.0. The molecule has 1 aliphatic rings. The lowest BCUT2D eigenvalue weighted by Gasteiger charge is -2.37. The number of fused-ring (bicyclic) bond motifs is 1. The summed E-state index contributed by atoms with van der Waals surface area (Å²) in [5, 5.41) is 20.4.